The molecule has 25 heavy (non-hydrogen) atoms. The Morgan fingerprint density at radius 3 is 2.84 bits per heavy atom. The minimum Gasteiger partial charge on any atom is -0.379 e. The summed E-state index contributed by atoms with van der Waals surface area (Å²) in [4.78, 5) is 32.7. The predicted molar refractivity (Wildman–Crippen MR) is 95.7 cm³/mol. The van der Waals surface area contributed by atoms with Gasteiger partial charge < -0.3 is 15.0 Å². The number of nitrogens with zero attached hydrogens (tertiary/aromatic N) is 3. The molecule has 2 amide bonds. The number of ether oxygens (including phenoxy) is 1. The van der Waals surface area contributed by atoms with Crippen LogP contribution in [0, 0.1) is 0 Å². The van der Waals surface area contributed by atoms with Crippen molar-refractivity contribution in [2.45, 2.75) is 19.8 Å². The van der Waals surface area contributed by atoms with Crippen LogP contribution in [0.1, 0.15) is 40.6 Å². The molecule has 0 unspecified atom stereocenters. The third-order valence-corrected chi connectivity index (χ3v) is 4.25. The van der Waals surface area contributed by atoms with Crippen molar-refractivity contribution in [3.8, 4) is 0 Å². The quantitative estimate of drug-likeness (QED) is 0.759. The SMILES string of the molecule is CCCCN(C)C(=O)c1ccnc(C(=O)NCCN2CCOCC2)c1. The zero-order valence-electron chi connectivity index (χ0n) is 15.2. The van der Waals surface area contributed by atoms with Crippen molar-refractivity contribution >= 4 is 11.8 Å². The molecule has 0 aliphatic carbocycles. The average molecular weight is 348 g/mol. The molecule has 0 bridgehead atoms. The van der Waals surface area contributed by atoms with E-state index in [2.05, 4.69) is 22.1 Å². The first-order valence-corrected chi connectivity index (χ1v) is 8.91. The first kappa shape index (κ1) is 19.3. The van der Waals surface area contributed by atoms with E-state index in [1.54, 1.807) is 24.1 Å². The van der Waals surface area contributed by atoms with Crippen LogP contribution in [0.15, 0.2) is 18.3 Å². The lowest BCUT2D eigenvalue weighted by Gasteiger charge is -2.26. The van der Waals surface area contributed by atoms with Gasteiger partial charge in [0.2, 0.25) is 0 Å². The molecule has 2 rings (SSSR count). The van der Waals surface area contributed by atoms with Crippen molar-refractivity contribution in [3.05, 3.63) is 29.6 Å². The smallest absolute Gasteiger partial charge is 0.269 e. The van der Waals surface area contributed by atoms with Gasteiger partial charge in [-0.2, -0.15) is 0 Å². The highest BCUT2D eigenvalue weighted by Crippen LogP contribution is 2.06. The van der Waals surface area contributed by atoms with Crippen molar-refractivity contribution in [1.29, 1.82) is 0 Å². The van der Waals surface area contributed by atoms with Crippen LogP contribution in [0.25, 0.3) is 0 Å². The molecule has 1 aromatic rings. The number of morpholine rings is 1. The number of carbonyl (C=O) groups is 2. The maximum Gasteiger partial charge on any atom is 0.269 e. The Hall–Kier alpha value is -1.99. The number of nitrogens with one attached hydrogen (secondary N) is 1. The van der Waals surface area contributed by atoms with Gasteiger partial charge in [-0.3, -0.25) is 19.5 Å². The molecule has 138 valence electrons. The molecule has 0 spiro atoms. The molecule has 1 aromatic heterocycles. The van der Waals surface area contributed by atoms with Crippen LogP contribution in [-0.2, 0) is 4.74 Å². The summed E-state index contributed by atoms with van der Waals surface area (Å²) in [6, 6.07) is 3.21. The second-order valence-corrected chi connectivity index (χ2v) is 6.22. The number of unbranched alkanes of at least 4 members (excludes halogenated alkanes) is 1. The van der Waals surface area contributed by atoms with E-state index in [0.717, 1.165) is 45.7 Å². The number of amides is 2. The van der Waals surface area contributed by atoms with E-state index in [1.165, 1.54) is 6.20 Å². The number of hydrogen-bond acceptors (Lipinski definition) is 5. The van der Waals surface area contributed by atoms with Crippen molar-refractivity contribution in [2.24, 2.45) is 0 Å². The van der Waals surface area contributed by atoms with Gasteiger partial charge in [0.25, 0.3) is 11.8 Å². The molecule has 1 aliphatic heterocycles. The minimum atomic E-state index is -0.251. The van der Waals surface area contributed by atoms with Crippen molar-refractivity contribution in [2.75, 3.05) is 53.0 Å². The monoisotopic (exact) mass is 348 g/mol. The second-order valence-electron chi connectivity index (χ2n) is 6.22. The highest BCUT2D eigenvalue weighted by molar-refractivity contribution is 5.98. The van der Waals surface area contributed by atoms with Crippen molar-refractivity contribution in [3.63, 3.8) is 0 Å². The van der Waals surface area contributed by atoms with E-state index in [0.29, 0.717) is 18.7 Å². The lowest BCUT2D eigenvalue weighted by Crippen LogP contribution is -2.41. The highest BCUT2D eigenvalue weighted by Gasteiger charge is 2.15. The van der Waals surface area contributed by atoms with Crippen molar-refractivity contribution < 1.29 is 14.3 Å². The second kappa shape index (κ2) is 10.1. The van der Waals surface area contributed by atoms with Gasteiger partial charge in [0, 0.05) is 51.5 Å². The van der Waals surface area contributed by atoms with E-state index in [1.807, 2.05) is 0 Å². The van der Waals surface area contributed by atoms with Crippen LogP contribution in [0.3, 0.4) is 0 Å². The maximum atomic E-state index is 12.4. The van der Waals surface area contributed by atoms with Gasteiger partial charge in [-0.25, -0.2) is 0 Å². The maximum absolute atomic E-state index is 12.4. The lowest BCUT2D eigenvalue weighted by atomic mass is 10.2. The van der Waals surface area contributed by atoms with Crippen LogP contribution in [0.5, 0.6) is 0 Å². The Morgan fingerprint density at radius 1 is 1.36 bits per heavy atom. The summed E-state index contributed by atoms with van der Waals surface area (Å²) in [5, 5.41) is 2.87. The standard InChI is InChI=1S/C18H28N4O3/c1-3-4-8-21(2)18(24)15-5-6-19-16(14-15)17(23)20-7-9-22-10-12-25-13-11-22/h5-6,14H,3-4,7-13H2,1-2H3,(H,20,23). The fourth-order valence-corrected chi connectivity index (χ4v) is 2.65. The molecule has 1 aliphatic rings. The van der Waals surface area contributed by atoms with Gasteiger partial charge in [0.05, 0.1) is 13.2 Å². The molecule has 0 radical (unpaired) electrons. The summed E-state index contributed by atoms with van der Waals surface area (Å²) in [7, 11) is 1.78. The van der Waals surface area contributed by atoms with Crippen LogP contribution < -0.4 is 5.32 Å². The fourth-order valence-electron chi connectivity index (χ4n) is 2.65. The Balaban J connectivity index is 1.86. The van der Waals surface area contributed by atoms with Gasteiger partial charge >= 0.3 is 0 Å². The summed E-state index contributed by atoms with van der Waals surface area (Å²) in [6.07, 6.45) is 3.50. The average Bonchev–Trinajstić information content (AvgIpc) is 2.66. The number of rotatable bonds is 8. The van der Waals surface area contributed by atoms with E-state index < -0.39 is 0 Å². The van der Waals surface area contributed by atoms with E-state index in [4.69, 9.17) is 4.74 Å². The first-order valence-electron chi connectivity index (χ1n) is 8.91. The van der Waals surface area contributed by atoms with E-state index in [-0.39, 0.29) is 17.5 Å². The van der Waals surface area contributed by atoms with Crippen LogP contribution in [0.4, 0.5) is 0 Å². The molecule has 1 saturated heterocycles. The van der Waals surface area contributed by atoms with Crippen LogP contribution in [-0.4, -0.2) is 79.6 Å². The lowest BCUT2D eigenvalue weighted by molar-refractivity contribution is 0.0383. The topological polar surface area (TPSA) is 74.8 Å². The molecule has 0 atom stereocenters. The Labute approximate surface area is 149 Å². The largest absolute Gasteiger partial charge is 0.379 e. The fraction of sp³-hybridized carbons (Fsp3) is 0.611. The van der Waals surface area contributed by atoms with E-state index >= 15 is 0 Å². The summed E-state index contributed by atoms with van der Waals surface area (Å²) < 4.78 is 5.30. The molecule has 7 heteroatoms. The molecule has 0 saturated carbocycles. The highest BCUT2D eigenvalue weighted by atomic mass is 16.5. The first-order chi connectivity index (χ1) is 12.1. The summed E-state index contributed by atoms with van der Waals surface area (Å²) in [6.45, 7) is 7.40. The Morgan fingerprint density at radius 2 is 2.12 bits per heavy atom. The number of carbonyl (C=O) groups excluding carboxylic acids is 2. The zero-order valence-corrected chi connectivity index (χ0v) is 15.2. The third kappa shape index (κ3) is 6.10. The van der Waals surface area contributed by atoms with Gasteiger partial charge in [0.1, 0.15) is 5.69 Å². The van der Waals surface area contributed by atoms with Gasteiger partial charge in [0.15, 0.2) is 0 Å². The van der Waals surface area contributed by atoms with Gasteiger partial charge in [-0.15, -0.1) is 0 Å². The van der Waals surface area contributed by atoms with Crippen molar-refractivity contribution in [1.82, 2.24) is 20.1 Å². The van der Waals surface area contributed by atoms with Crippen LogP contribution >= 0.6 is 0 Å². The molecule has 1 N–H and O–H groups in total. The molecular weight excluding hydrogens is 320 g/mol. The summed E-state index contributed by atoms with van der Waals surface area (Å²) in [5.74, 6) is -0.336. The Kier molecular flexibility index (Phi) is 7.81. The molecule has 0 aromatic carbocycles. The van der Waals surface area contributed by atoms with Gasteiger partial charge in [-0.1, -0.05) is 13.3 Å². The summed E-state index contributed by atoms with van der Waals surface area (Å²) in [5.41, 5.74) is 0.767. The zero-order chi connectivity index (χ0) is 18.1. The predicted octanol–water partition coefficient (Wildman–Crippen LogP) is 1.02. The molecular formula is C18H28N4O3. The number of aromatic nitrogens is 1. The number of pyridine rings is 1. The molecule has 7 nitrogen and oxygen atoms in total. The molecule has 2 heterocycles. The normalized spacial score (nSPS) is 15.0. The van der Waals surface area contributed by atoms with Crippen LogP contribution in [0.2, 0.25) is 0 Å². The minimum absolute atomic E-state index is 0.0850. The summed E-state index contributed by atoms with van der Waals surface area (Å²) >= 11 is 0. The van der Waals surface area contributed by atoms with E-state index in [9.17, 15) is 9.59 Å². The molecule has 1 fully saturated rings. The third-order valence-electron chi connectivity index (χ3n) is 4.25. The number of hydrogen-bond donors (Lipinski definition) is 1. The Bertz CT molecular complexity index is 573. The van der Waals surface area contributed by atoms with Gasteiger partial charge in [-0.05, 0) is 18.6 Å².